The van der Waals surface area contributed by atoms with Crippen molar-refractivity contribution in [3.63, 3.8) is 0 Å². The Hall–Kier alpha value is -4.83. The van der Waals surface area contributed by atoms with Crippen molar-refractivity contribution in [1.29, 1.82) is 0 Å². The van der Waals surface area contributed by atoms with Crippen LogP contribution < -0.4 is 0 Å². The number of fused-ring (bicyclic) bond motifs is 7. The Bertz CT molecular complexity index is 1990. The van der Waals surface area contributed by atoms with Crippen molar-refractivity contribution < 1.29 is 9.53 Å². The number of esters is 1. The van der Waals surface area contributed by atoms with E-state index in [9.17, 15) is 4.79 Å². The lowest BCUT2D eigenvalue weighted by molar-refractivity contribution is 0.0480. The van der Waals surface area contributed by atoms with Crippen molar-refractivity contribution in [3.05, 3.63) is 120 Å². The van der Waals surface area contributed by atoms with Crippen LogP contribution in [0.3, 0.4) is 0 Å². The Balaban J connectivity index is 1.42. The molecule has 4 heteroatoms. The monoisotopic (exact) mass is 478 g/mol. The van der Waals surface area contributed by atoms with Gasteiger partial charge in [-0.05, 0) is 54.1 Å². The molecule has 1 aliphatic heterocycles. The summed E-state index contributed by atoms with van der Waals surface area (Å²) < 4.78 is 9.93. The second-order valence-corrected chi connectivity index (χ2v) is 9.65. The number of cyclic esters (lactones) is 1. The fourth-order valence-corrected chi connectivity index (χ4v) is 6.02. The van der Waals surface area contributed by atoms with E-state index >= 15 is 0 Å². The van der Waals surface area contributed by atoms with E-state index < -0.39 is 0 Å². The van der Waals surface area contributed by atoms with E-state index in [1.165, 1.54) is 32.6 Å². The SMILES string of the molecule is O=C1OCCc2ccc(-n3c4ccccc4c4cc(-n5c6ccccc6c6ccccc65)ccc43)cc21. The van der Waals surface area contributed by atoms with Gasteiger partial charge in [0.05, 0.1) is 34.2 Å². The average molecular weight is 479 g/mol. The number of aromatic nitrogens is 2. The molecule has 3 heterocycles. The van der Waals surface area contributed by atoms with Crippen LogP contribution in [0.5, 0.6) is 0 Å². The molecule has 0 saturated heterocycles. The van der Waals surface area contributed by atoms with Gasteiger partial charge in [0, 0.05) is 39.3 Å². The highest BCUT2D eigenvalue weighted by Crippen LogP contribution is 2.37. The molecule has 37 heavy (non-hydrogen) atoms. The van der Waals surface area contributed by atoms with Crippen molar-refractivity contribution in [2.75, 3.05) is 6.61 Å². The first-order valence-corrected chi connectivity index (χ1v) is 12.6. The number of carbonyl (C=O) groups excluding carboxylic acids is 1. The van der Waals surface area contributed by atoms with E-state index in [4.69, 9.17) is 4.74 Å². The average Bonchev–Trinajstić information content (AvgIpc) is 3.46. The van der Waals surface area contributed by atoms with Gasteiger partial charge in [0.25, 0.3) is 0 Å². The summed E-state index contributed by atoms with van der Waals surface area (Å²) in [6.45, 7) is 0.450. The summed E-state index contributed by atoms with van der Waals surface area (Å²) in [7, 11) is 0. The number of para-hydroxylation sites is 3. The van der Waals surface area contributed by atoms with Gasteiger partial charge in [-0.15, -0.1) is 0 Å². The first-order chi connectivity index (χ1) is 18.3. The lowest BCUT2D eigenvalue weighted by Gasteiger charge is -2.17. The van der Waals surface area contributed by atoms with Crippen LogP contribution in [0.1, 0.15) is 15.9 Å². The molecule has 5 aromatic carbocycles. The fraction of sp³-hybridized carbons (Fsp3) is 0.0606. The Morgan fingerprint density at radius 2 is 1.05 bits per heavy atom. The molecule has 4 nitrogen and oxygen atoms in total. The lowest BCUT2D eigenvalue weighted by atomic mass is 10.0. The quantitative estimate of drug-likeness (QED) is 0.240. The van der Waals surface area contributed by atoms with E-state index in [1.54, 1.807) is 0 Å². The number of hydrogen-bond acceptors (Lipinski definition) is 2. The van der Waals surface area contributed by atoms with E-state index in [2.05, 4.69) is 112 Å². The molecule has 0 bridgehead atoms. The zero-order valence-electron chi connectivity index (χ0n) is 20.0. The van der Waals surface area contributed by atoms with Gasteiger partial charge in [-0.3, -0.25) is 0 Å². The van der Waals surface area contributed by atoms with Crippen LogP contribution in [0.15, 0.2) is 109 Å². The van der Waals surface area contributed by atoms with Gasteiger partial charge in [-0.2, -0.15) is 0 Å². The zero-order valence-corrected chi connectivity index (χ0v) is 20.0. The zero-order chi connectivity index (χ0) is 24.5. The minimum absolute atomic E-state index is 0.238. The minimum Gasteiger partial charge on any atom is -0.462 e. The highest BCUT2D eigenvalue weighted by atomic mass is 16.5. The largest absolute Gasteiger partial charge is 0.462 e. The van der Waals surface area contributed by atoms with Gasteiger partial charge in [0.1, 0.15) is 0 Å². The van der Waals surface area contributed by atoms with E-state index in [0.717, 1.165) is 34.4 Å². The smallest absolute Gasteiger partial charge is 0.338 e. The predicted octanol–water partition coefficient (Wildman–Crippen LogP) is 7.59. The maximum absolute atomic E-state index is 12.5. The van der Waals surface area contributed by atoms with Gasteiger partial charge < -0.3 is 13.9 Å². The number of carbonyl (C=O) groups is 1. The van der Waals surface area contributed by atoms with Crippen LogP contribution >= 0.6 is 0 Å². The Morgan fingerprint density at radius 3 is 1.70 bits per heavy atom. The molecule has 0 aliphatic carbocycles. The maximum atomic E-state index is 12.5. The minimum atomic E-state index is -0.238. The molecule has 7 aromatic rings. The van der Waals surface area contributed by atoms with Crippen molar-refractivity contribution in [2.45, 2.75) is 6.42 Å². The molecule has 176 valence electrons. The normalized spacial score (nSPS) is 13.5. The summed E-state index contributed by atoms with van der Waals surface area (Å²) in [5, 5.41) is 4.86. The maximum Gasteiger partial charge on any atom is 0.338 e. The molecule has 0 amide bonds. The van der Waals surface area contributed by atoms with Crippen LogP contribution in [-0.4, -0.2) is 21.7 Å². The van der Waals surface area contributed by atoms with Crippen LogP contribution in [0.4, 0.5) is 0 Å². The number of hydrogen-bond donors (Lipinski definition) is 0. The van der Waals surface area contributed by atoms with Crippen LogP contribution in [-0.2, 0) is 11.2 Å². The molecule has 0 N–H and O–H groups in total. The highest BCUT2D eigenvalue weighted by Gasteiger charge is 2.21. The van der Waals surface area contributed by atoms with Crippen molar-refractivity contribution in [3.8, 4) is 11.4 Å². The van der Waals surface area contributed by atoms with Gasteiger partial charge in [-0.1, -0.05) is 60.7 Å². The summed E-state index contributed by atoms with van der Waals surface area (Å²) in [4.78, 5) is 12.5. The van der Waals surface area contributed by atoms with E-state index in [1.807, 2.05) is 6.07 Å². The van der Waals surface area contributed by atoms with E-state index in [0.29, 0.717) is 12.2 Å². The molecule has 0 unspecified atom stereocenters. The lowest BCUT2D eigenvalue weighted by Crippen LogP contribution is -2.17. The summed E-state index contributed by atoms with van der Waals surface area (Å²) in [6, 6.07) is 38.5. The molecule has 0 spiro atoms. The summed E-state index contributed by atoms with van der Waals surface area (Å²) in [5.41, 5.74) is 8.41. The second-order valence-electron chi connectivity index (χ2n) is 9.65. The first kappa shape index (κ1) is 20.4. The van der Waals surface area contributed by atoms with Crippen LogP contribution in [0.25, 0.3) is 55.0 Å². The Kier molecular flexibility index (Phi) is 4.17. The Morgan fingerprint density at radius 1 is 0.541 bits per heavy atom. The van der Waals surface area contributed by atoms with Crippen molar-refractivity contribution >= 4 is 49.6 Å². The molecular formula is C33H22N2O2. The van der Waals surface area contributed by atoms with Crippen molar-refractivity contribution in [1.82, 2.24) is 9.13 Å². The number of nitrogens with zero attached hydrogens (tertiary/aromatic N) is 2. The molecule has 1 aliphatic rings. The summed E-state index contributed by atoms with van der Waals surface area (Å²) in [6.07, 6.45) is 0.761. The fourth-order valence-electron chi connectivity index (χ4n) is 6.02. The molecular weight excluding hydrogens is 456 g/mol. The molecule has 0 atom stereocenters. The predicted molar refractivity (Wildman–Crippen MR) is 149 cm³/mol. The topological polar surface area (TPSA) is 36.2 Å². The van der Waals surface area contributed by atoms with Crippen LogP contribution in [0.2, 0.25) is 0 Å². The number of benzene rings is 5. The van der Waals surface area contributed by atoms with Gasteiger partial charge in [-0.25, -0.2) is 4.79 Å². The third kappa shape index (κ3) is 2.87. The summed E-state index contributed by atoms with van der Waals surface area (Å²) >= 11 is 0. The van der Waals surface area contributed by atoms with Crippen molar-refractivity contribution in [2.24, 2.45) is 0 Å². The number of rotatable bonds is 2. The molecule has 0 radical (unpaired) electrons. The molecule has 0 saturated carbocycles. The second kappa shape index (κ2) is 7.58. The van der Waals surface area contributed by atoms with Gasteiger partial charge in [0.2, 0.25) is 0 Å². The molecule has 0 fully saturated rings. The third-order valence-electron chi connectivity index (χ3n) is 7.67. The molecule has 2 aromatic heterocycles. The number of ether oxygens (including phenoxy) is 1. The molecule has 8 rings (SSSR count). The standard InChI is InChI=1S/C33H22N2O2/c36-33-27-19-22(14-13-21(27)17-18-37-33)35-31-12-6-3-9-26(31)28-20-23(15-16-32(28)35)34-29-10-4-1-7-24(29)25-8-2-5-11-30(25)34/h1-16,19-20H,17-18H2. The van der Waals surface area contributed by atoms with Crippen LogP contribution in [0, 0.1) is 0 Å². The Labute approximate surface area is 212 Å². The third-order valence-corrected chi connectivity index (χ3v) is 7.67. The van der Waals surface area contributed by atoms with Gasteiger partial charge >= 0.3 is 5.97 Å². The highest BCUT2D eigenvalue weighted by molar-refractivity contribution is 6.12. The summed E-state index contributed by atoms with van der Waals surface area (Å²) in [5.74, 6) is -0.238. The van der Waals surface area contributed by atoms with E-state index in [-0.39, 0.29) is 5.97 Å². The van der Waals surface area contributed by atoms with Gasteiger partial charge in [0.15, 0.2) is 0 Å². The first-order valence-electron chi connectivity index (χ1n) is 12.6.